The summed E-state index contributed by atoms with van der Waals surface area (Å²) in [5.41, 5.74) is 5.25. The lowest BCUT2D eigenvalue weighted by Crippen LogP contribution is -2.12. The monoisotopic (exact) mass is 230 g/mol. The largest absolute Gasteiger partial charge is 0.508 e. The molecule has 2 aromatic rings. The highest BCUT2D eigenvalue weighted by Gasteiger charge is 2.04. The number of carbonyl (C=O) groups excluding carboxylic acids is 1. The van der Waals surface area contributed by atoms with Crippen molar-refractivity contribution in [2.45, 2.75) is 0 Å². The minimum absolute atomic E-state index is 0.140. The topological polar surface area (TPSA) is 85.4 Å². The molecule has 5 heteroatoms. The Morgan fingerprint density at radius 2 is 1.88 bits per heavy atom. The van der Waals surface area contributed by atoms with E-state index in [4.69, 9.17) is 15.6 Å². The van der Waals surface area contributed by atoms with Crippen LogP contribution in [-0.4, -0.2) is 16.0 Å². The maximum atomic E-state index is 10.9. The highest BCUT2D eigenvalue weighted by atomic mass is 16.5. The van der Waals surface area contributed by atoms with Crippen molar-refractivity contribution >= 4 is 5.91 Å². The molecule has 2 rings (SSSR count). The van der Waals surface area contributed by atoms with Gasteiger partial charge in [-0.1, -0.05) is 6.07 Å². The third kappa shape index (κ3) is 2.72. The lowest BCUT2D eigenvalue weighted by molar-refractivity contribution is 0.0995. The van der Waals surface area contributed by atoms with E-state index in [9.17, 15) is 4.79 Å². The predicted octanol–water partition coefficient (Wildman–Crippen LogP) is 1.68. The van der Waals surface area contributed by atoms with Gasteiger partial charge in [0.25, 0.3) is 5.91 Å². The third-order valence-corrected chi connectivity index (χ3v) is 2.04. The van der Waals surface area contributed by atoms with Gasteiger partial charge in [-0.15, -0.1) is 0 Å². The number of phenols is 1. The fraction of sp³-hybridized carbons (Fsp3) is 0. The highest BCUT2D eigenvalue weighted by molar-refractivity contribution is 5.90. The second-order valence-electron chi connectivity index (χ2n) is 3.32. The van der Waals surface area contributed by atoms with Gasteiger partial charge in [-0.25, -0.2) is 4.98 Å². The lowest BCUT2D eigenvalue weighted by Gasteiger charge is -2.05. The second-order valence-corrected chi connectivity index (χ2v) is 3.32. The highest BCUT2D eigenvalue weighted by Crippen LogP contribution is 2.21. The van der Waals surface area contributed by atoms with Crippen molar-refractivity contribution in [2.24, 2.45) is 5.73 Å². The summed E-state index contributed by atoms with van der Waals surface area (Å²) < 4.78 is 5.39. The van der Waals surface area contributed by atoms with Gasteiger partial charge in [0.1, 0.15) is 17.2 Å². The van der Waals surface area contributed by atoms with Crippen LogP contribution >= 0.6 is 0 Å². The zero-order valence-corrected chi connectivity index (χ0v) is 8.83. The van der Waals surface area contributed by atoms with Crippen molar-refractivity contribution in [1.82, 2.24) is 4.98 Å². The molecule has 5 nitrogen and oxygen atoms in total. The third-order valence-electron chi connectivity index (χ3n) is 2.04. The van der Waals surface area contributed by atoms with Gasteiger partial charge in [0.05, 0.1) is 0 Å². The summed E-state index contributed by atoms with van der Waals surface area (Å²) in [5.74, 6) is 0.321. The van der Waals surface area contributed by atoms with E-state index in [2.05, 4.69) is 4.98 Å². The number of primary amides is 1. The van der Waals surface area contributed by atoms with E-state index < -0.39 is 5.91 Å². The molecule has 1 amide bonds. The molecular weight excluding hydrogens is 220 g/mol. The Balaban J connectivity index is 2.21. The van der Waals surface area contributed by atoms with Crippen molar-refractivity contribution < 1.29 is 14.6 Å². The first-order valence-corrected chi connectivity index (χ1v) is 4.89. The van der Waals surface area contributed by atoms with E-state index in [1.54, 1.807) is 24.3 Å². The molecule has 0 aliphatic rings. The minimum atomic E-state index is -0.610. The number of carbonyl (C=O) groups is 1. The SMILES string of the molecule is NC(=O)c1cccc(Oc2ccc(O)cc2)n1. The number of phenolic OH excluding ortho intramolecular Hbond substituents is 1. The Kier molecular flexibility index (Phi) is 2.91. The van der Waals surface area contributed by atoms with Gasteiger partial charge >= 0.3 is 0 Å². The van der Waals surface area contributed by atoms with Crippen LogP contribution in [0.4, 0.5) is 0 Å². The number of rotatable bonds is 3. The van der Waals surface area contributed by atoms with Crippen molar-refractivity contribution in [1.29, 1.82) is 0 Å². The van der Waals surface area contributed by atoms with E-state index in [1.165, 1.54) is 18.2 Å². The number of hydrogen-bond donors (Lipinski definition) is 2. The molecule has 1 heterocycles. The summed E-state index contributed by atoms with van der Waals surface area (Å²) in [6.07, 6.45) is 0. The van der Waals surface area contributed by atoms with Crippen LogP contribution in [0.15, 0.2) is 42.5 Å². The molecule has 0 spiro atoms. The van der Waals surface area contributed by atoms with Gasteiger partial charge < -0.3 is 15.6 Å². The summed E-state index contributed by atoms with van der Waals surface area (Å²) in [6, 6.07) is 10.9. The molecule has 0 atom stereocenters. The molecule has 0 saturated carbocycles. The molecule has 1 aromatic carbocycles. The quantitative estimate of drug-likeness (QED) is 0.839. The van der Waals surface area contributed by atoms with E-state index in [0.29, 0.717) is 5.75 Å². The number of ether oxygens (including phenoxy) is 1. The predicted molar refractivity (Wildman–Crippen MR) is 60.9 cm³/mol. The molecule has 3 N–H and O–H groups in total. The molecular formula is C12H10N2O3. The zero-order chi connectivity index (χ0) is 12.3. The first-order valence-electron chi connectivity index (χ1n) is 4.89. The first-order chi connectivity index (χ1) is 8.15. The Hall–Kier alpha value is -2.56. The van der Waals surface area contributed by atoms with Crippen molar-refractivity contribution in [3.63, 3.8) is 0 Å². The number of hydrogen-bond acceptors (Lipinski definition) is 4. The Labute approximate surface area is 97.5 Å². The summed E-state index contributed by atoms with van der Waals surface area (Å²) in [4.78, 5) is 14.9. The van der Waals surface area contributed by atoms with Gasteiger partial charge in [-0.3, -0.25) is 4.79 Å². The van der Waals surface area contributed by atoms with Crippen LogP contribution in [0.1, 0.15) is 10.5 Å². The fourth-order valence-corrected chi connectivity index (χ4v) is 1.24. The molecule has 0 aliphatic carbocycles. The standard InChI is InChI=1S/C12H10N2O3/c13-12(16)10-2-1-3-11(14-10)17-9-6-4-8(15)5-7-9/h1-7,15H,(H2,13,16). The lowest BCUT2D eigenvalue weighted by atomic mass is 10.3. The average Bonchev–Trinajstić information content (AvgIpc) is 2.32. The molecule has 17 heavy (non-hydrogen) atoms. The van der Waals surface area contributed by atoms with Gasteiger partial charge in [-0.2, -0.15) is 0 Å². The van der Waals surface area contributed by atoms with E-state index in [1.807, 2.05) is 0 Å². The zero-order valence-electron chi connectivity index (χ0n) is 8.83. The minimum Gasteiger partial charge on any atom is -0.508 e. The molecule has 0 fully saturated rings. The normalized spacial score (nSPS) is 9.88. The molecule has 0 unspecified atom stereocenters. The Morgan fingerprint density at radius 3 is 2.53 bits per heavy atom. The van der Waals surface area contributed by atoms with Crippen LogP contribution in [0.2, 0.25) is 0 Å². The number of aromatic nitrogens is 1. The van der Waals surface area contributed by atoms with Crippen molar-refractivity contribution in [3.8, 4) is 17.4 Å². The number of benzene rings is 1. The summed E-state index contributed by atoms with van der Waals surface area (Å²) >= 11 is 0. The molecule has 0 radical (unpaired) electrons. The van der Waals surface area contributed by atoms with Crippen LogP contribution in [0, 0.1) is 0 Å². The van der Waals surface area contributed by atoms with E-state index in [0.717, 1.165) is 0 Å². The number of pyridine rings is 1. The molecule has 86 valence electrons. The van der Waals surface area contributed by atoms with Gasteiger partial charge in [0.2, 0.25) is 5.88 Å². The maximum absolute atomic E-state index is 10.9. The molecule has 1 aromatic heterocycles. The average molecular weight is 230 g/mol. The summed E-state index contributed by atoms with van der Waals surface area (Å²) in [6.45, 7) is 0. The van der Waals surface area contributed by atoms with Gasteiger partial charge in [0.15, 0.2) is 0 Å². The van der Waals surface area contributed by atoms with Crippen LogP contribution in [0.5, 0.6) is 17.4 Å². The number of nitrogens with two attached hydrogens (primary N) is 1. The Morgan fingerprint density at radius 1 is 1.18 bits per heavy atom. The first kappa shape index (κ1) is 10.9. The number of aromatic hydroxyl groups is 1. The number of amides is 1. The van der Waals surface area contributed by atoms with E-state index in [-0.39, 0.29) is 17.3 Å². The smallest absolute Gasteiger partial charge is 0.267 e. The molecule has 0 saturated heterocycles. The van der Waals surface area contributed by atoms with Crippen LogP contribution in [0.25, 0.3) is 0 Å². The maximum Gasteiger partial charge on any atom is 0.267 e. The van der Waals surface area contributed by atoms with E-state index >= 15 is 0 Å². The van der Waals surface area contributed by atoms with Gasteiger partial charge in [-0.05, 0) is 30.3 Å². The van der Waals surface area contributed by atoms with Crippen LogP contribution in [0.3, 0.4) is 0 Å². The van der Waals surface area contributed by atoms with Crippen LogP contribution in [-0.2, 0) is 0 Å². The van der Waals surface area contributed by atoms with Crippen LogP contribution < -0.4 is 10.5 Å². The van der Waals surface area contributed by atoms with Crippen molar-refractivity contribution in [3.05, 3.63) is 48.2 Å². The summed E-state index contributed by atoms with van der Waals surface area (Å²) in [7, 11) is 0. The number of nitrogens with zero attached hydrogens (tertiary/aromatic N) is 1. The Bertz CT molecular complexity index is 538. The van der Waals surface area contributed by atoms with Gasteiger partial charge in [0, 0.05) is 6.07 Å². The fourth-order valence-electron chi connectivity index (χ4n) is 1.24. The second kappa shape index (κ2) is 4.52. The summed E-state index contributed by atoms with van der Waals surface area (Å²) in [5, 5.41) is 9.11. The molecule has 0 aliphatic heterocycles. The van der Waals surface area contributed by atoms with Crippen molar-refractivity contribution in [2.75, 3.05) is 0 Å². The molecule has 0 bridgehead atoms.